The second-order valence-corrected chi connectivity index (χ2v) is 5.63. The maximum Gasteiger partial charge on any atom is 0.315 e. The van der Waals surface area contributed by atoms with Crippen molar-refractivity contribution in [2.75, 3.05) is 25.3 Å². The summed E-state index contributed by atoms with van der Waals surface area (Å²) in [6.07, 6.45) is 0. The van der Waals surface area contributed by atoms with Crippen LogP contribution in [0.1, 0.15) is 10.4 Å². The first-order valence-electron chi connectivity index (χ1n) is 6.87. The van der Waals surface area contributed by atoms with Gasteiger partial charge in [-0.3, -0.25) is 9.59 Å². The average molecular weight is 331 g/mol. The van der Waals surface area contributed by atoms with E-state index < -0.39 is 0 Å². The molecule has 0 unspecified atom stereocenters. The van der Waals surface area contributed by atoms with E-state index in [-0.39, 0.29) is 17.6 Å². The summed E-state index contributed by atoms with van der Waals surface area (Å²) < 4.78 is 9.72. The summed E-state index contributed by atoms with van der Waals surface area (Å²) >= 11 is 1.35. The average Bonchev–Trinajstić information content (AvgIpc) is 2.60. The SMILES string of the molecule is COC(=O)CSc1cccc(NC(=O)c2cccc(OC)c2)c1. The number of esters is 1. The van der Waals surface area contributed by atoms with Crippen molar-refractivity contribution < 1.29 is 19.1 Å². The predicted molar refractivity (Wildman–Crippen MR) is 90.1 cm³/mol. The Balaban J connectivity index is 2.04. The van der Waals surface area contributed by atoms with Crippen LogP contribution in [0.15, 0.2) is 53.4 Å². The first-order chi connectivity index (χ1) is 11.1. The van der Waals surface area contributed by atoms with Crippen LogP contribution in [0.3, 0.4) is 0 Å². The molecule has 0 aliphatic rings. The van der Waals surface area contributed by atoms with Gasteiger partial charge in [-0.15, -0.1) is 11.8 Å². The molecule has 0 saturated carbocycles. The van der Waals surface area contributed by atoms with Crippen molar-refractivity contribution in [1.29, 1.82) is 0 Å². The number of rotatable bonds is 6. The number of anilines is 1. The minimum Gasteiger partial charge on any atom is -0.497 e. The van der Waals surface area contributed by atoms with Gasteiger partial charge in [0.15, 0.2) is 0 Å². The van der Waals surface area contributed by atoms with Gasteiger partial charge in [0.1, 0.15) is 5.75 Å². The number of hydrogen-bond donors (Lipinski definition) is 1. The standard InChI is InChI=1S/C17H17NO4S/c1-21-14-7-3-5-12(9-14)17(20)18-13-6-4-8-15(10-13)23-11-16(19)22-2/h3-10H,11H2,1-2H3,(H,18,20). The summed E-state index contributed by atoms with van der Waals surface area (Å²) in [6.45, 7) is 0. The van der Waals surface area contributed by atoms with E-state index in [1.165, 1.54) is 18.9 Å². The van der Waals surface area contributed by atoms with E-state index in [0.717, 1.165) is 4.90 Å². The molecular weight excluding hydrogens is 314 g/mol. The topological polar surface area (TPSA) is 64.6 Å². The van der Waals surface area contributed by atoms with Crippen molar-refractivity contribution in [2.45, 2.75) is 4.90 Å². The Kier molecular flexibility index (Phi) is 6.05. The number of ether oxygens (including phenoxy) is 2. The zero-order valence-electron chi connectivity index (χ0n) is 12.9. The van der Waals surface area contributed by atoms with Gasteiger partial charge in [-0.2, -0.15) is 0 Å². The smallest absolute Gasteiger partial charge is 0.315 e. The van der Waals surface area contributed by atoms with Crippen LogP contribution in [-0.2, 0) is 9.53 Å². The van der Waals surface area contributed by atoms with Crippen LogP contribution in [0.4, 0.5) is 5.69 Å². The highest BCUT2D eigenvalue weighted by molar-refractivity contribution is 8.00. The van der Waals surface area contributed by atoms with Crippen LogP contribution in [0.2, 0.25) is 0 Å². The van der Waals surface area contributed by atoms with E-state index in [9.17, 15) is 9.59 Å². The Morgan fingerprint density at radius 1 is 1.09 bits per heavy atom. The van der Waals surface area contributed by atoms with Crippen LogP contribution in [0.25, 0.3) is 0 Å². The van der Waals surface area contributed by atoms with Crippen LogP contribution in [0.5, 0.6) is 5.75 Å². The molecule has 0 atom stereocenters. The molecule has 5 nitrogen and oxygen atoms in total. The zero-order chi connectivity index (χ0) is 16.7. The molecule has 0 spiro atoms. The molecule has 0 radical (unpaired) electrons. The van der Waals surface area contributed by atoms with Crippen molar-refractivity contribution >= 4 is 29.3 Å². The molecule has 0 aliphatic carbocycles. The third-order valence-corrected chi connectivity index (χ3v) is 3.98. The van der Waals surface area contributed by atoms with Gasteiger partial charge in [0.25, 0.3) is 5.91 Å². The Labute approximate surface area is 139 Å². The molecule has 0 saturated heterocycles. The largest absolute Gasteiger partial charge is 0.497 e. The van der Waals surface area contributed by atoms with Crippen molar-refractivity contribution in [3.63, 3.8) is 0 Å². The number of hydrogen-bond acceptors (Lipinski definition) is 5. The van der Waals surface area contributed by atoms with Crippen LogP contribution >= 0.6 is 11.8 Å². The van der Waals surface area contributed by atoms with E-state index >= 15 is 0 Å². The molecule has 2 aromatic rings. The molecule has 6 heteroatoms. The summed E-state index contributed by atoms with van der Waals surface area (Å²) in [5.74, 6) is 0.337. The van der Waals surface area contributed by atoms with Gasteiger partial charge >= 0.3 is 5.97 Å². The normalized spacial score (nSPS) is 10.0. The number of thioether (sulfide) groups is 1. The Bertz CT molecular complexity index is 702. The lowest BCUT2D eigenvalue weighted by molar-refractivity contribution is -0.137. The second-order valence-electron chi connectivity index (χ2n) is 4.58. The number of benzene rings is 2. The van der Waals surface area contributed by atoms with Crippen LogP contribution < -0.4 is 10.1 Å². The summed E-state index contributed by atoms with van der Waals surface area (Å²) in [4.78, 5) is 24.3. The predicted octanol–water partition coefficient (Wildman–Crippen LogP) is 3.21. The highest BCUT2D eigenvalue weighted by atomic mass is 32.2. The number of nitrogens with one attached hydrogen (secondary N) is 1. The molecule has 0 fully saturated rings. The first kappa shape index (κ1) is 16.9. The molecule has 0 heterocycles. The monoisotopic (exact) mass is 331 g/mol. The van der Waals surface area contributed by atoms with Gasteiger partial charge < -0.3 is 14.8 Å². The van der Waals surface area contributed by atoms with Gasteiger partial charge in [0, 0.05) is 16.1 Å². The number of methoxy groups -OCH3 is 2. The second kappa shape index (κ2) is 8.24. The first-order valence-corrected chi connectivity index (χ1v) is 7.86. The lowest BCUT2D eigenvalue weighted by Crippen LogP contribution is -2.11. The van der Waals surface area contributed by atoms with Crippen molar-refractivity contribution in [2.24, 2.45) is 0 Å². The molecular formula is C17H17NO4S. The molecule has 0 bridgehead atoms. The molecule has 0 aromatic heterocycles. The quantitative estimate of drug-likeness (QED) is 0.650. The van der Waals surface area contributed by atoms with Crippen molar-refractivity contribution in [3.8, 4) is 5.75 Å². The number of carbonyl (C=O) groups excluding carboxylic acids is 2. The summed E-state index contributed by atoms with van der Waals surface area (Å²) in [7, 11) is 2.91. The third kappa shape index (κ3) is 5.03. The van der Waals surface area contributed by atoms with E-state index in [4.69, 9.17) is 4.74 Å². The number of carbonyl (C=O) groups is 2. The number of amides is 1. The minimum atomic E-state index is -0.291. The minimum absolute atomic E-state index is 0.223. The summed E-state index contributed by atoms with van der Waals surface area (Å²) in [5, 5.41) is 2.83. The van der Waals surface area contributed by atoms with E-state index in [2.05, 4.69) is 10.1 Å². The van der Waals surface area contributed by atoms with Gasteiger partial charge in [-0.25, -0.2) is 0 Å². The molecule has 2 aromatic carbocycles. The zero-order valence-corrected chi connectivity index (χ0v) is 13.7. The van der Waals surface area contributed by atoms with Crippen molar-refractivity contribution in [1.82, 2.24) is 0 Å². The molecule has 2 rings (SSSR count). The Morgan fingerprint density at radius 2 is 1.87 bits per heavy atom. The Hall–Kier alpha value is -2.47. The van der Waals surface area contributed by atoms with Gasteiger partial charge in [0.2, 0.25) is 0 Å². The summed E-state index contributed by atoms with van der Waals surface area (Å²) in [6, 6.07) is 14.2. The van der Waals surface area contributed by atoms with E-state index in [0.29, 0.717) is 17.0 Å². The highest BCUT2D eigenvalue weighted by Crippen LogP contribution is 2.22. The maximum absolute atomic E-state index is 12.3. The molecule has 23 heavy (non-hydrogen) atoms. The molecule has 1 N–H and O–H groups in total. The van der Waals surface area contributed by atoms with Crippen molar-refractivity contribution in [3.05, 3.63) is 54.1 Å². The lowest BCUT2D eigenvalue weighted by atomic mass is 10.2. The van der Waals surface area contributed by atoms with Gasteiger partial charge in [0.05, 0.1) is 20.0 Å². The van der Waals surface area contributed by atoms with Gasteiger partial charge in [-0.1, -0.05) is 12.1 Å². The van der Waals surface area contributed by atoms with E-state index in [1.807, 2.05) is 18.2 Å². The molecule has 0 aliphatic heterocycles. The molecule has 1 amide bonds. The summed E-state index contributed by atoms with van der Waals surface area (Å²) in [5.41, 5.74) is 1.17. The fraction of sp³-hybridized carbons (Fsp3) is 0.176. The Morgan fingerprint density at radius 3 is 2.61 bits per heavy atom. The van der Waals surface area contributed by atoms with Crippen LogP contribution in [-0.4, -0.2) is 31.8 Å². The van der Waals surface area contributed by atoms with E-state index in [1.54, 1.807) is 37.4 Å². The fourth-order valence-corrected chi connectivity index (χ4v) is 2.62. The maximum atomic E-state index is 12.3. The molecule has 120 valence electrons. The third-order valence-electron chi connectivity index (χ3n) is 3.01. The fourth-order valence-electron chi connectivity index (χ4n) is 1.83. The lowest BCUT2D eigenvalue weighted by Gasteiger charge is -2.08. The van der Waals surface area contributed by atoms with Crippen LogP contribution in [0, 0.1) is 0 Å². The highest BCUT2D eigenvalue weighted by Gasteiger charge is 2.08. The van der Waals surface area contributed by atoms with Gasteiger partial charge in [-0.05, 0) is 36.4 Å².